The molecule has 0 amide bonds. The van der Waals surface area contributed by atoms with Crippen LogP contribution >= 0.6 is 0 Å². The average molecular weight is 223 g/mol. The quantitative estimate of drug-likeness (QED) is 0.636. The van der Waals surface area contributed by atoms with E-state index in [4.69, 9.17) is 0 Å². The average Bonchev–Trinajstić information content (AvgIpc) is 2.59. The van der Waals surface area contributed by atoms with E-state index in [1.54, 1.807) is 0 Å². The van der Waals surface area contributed by atoms with Gasteiger partial charge in [-0.25, -0.2) is 0 Å². The lowest BCUT2D eigenvalue weighted by molar-refractivity contribution is -0.125. The van der Waals surface area contributed by atoms with Gasteiger partial charge in [0.1, 0.15) is 5.78 Å². The normalized spacial score (nSPS) is 34.4. The Morgan fingerprint density at radius 3 is 2.62 bits per heavy atom. The second kappa shape index (κ2) is 5.81. The summed E-state index contributed by atoms with van der Waals surface area (Å²) in [7, 11) is 0. The lowest BCUT2D eigenvalue weighted by atomic mass is 10.0. The SMILES string of the molecule is CC1CCCCCN1C1CCCCCC1=O. The van der Waals surface area contributed by atoms with Crippen molar-refractivity contribution >= 4 is 5.78 Å². The summed E-state index contributed by atoms with van der Waals surface area (Å²) in [5.41, 5.74) is 0. The number of carbonyl (C=O) groups excluding carboxylic acids is 1. The molecular weight excluding hydrogens is 198 g/mol. The predicted molar refractivity (Wildman–Crippen MR) is 66.5 cm³/mol. The van der Waals surface area contributed by atoms with Crippen LogP contribution in [0.1, 0.15) is 64.7 Å². The van der Waals surface area contributed by atoms with Crippen molar-refractivity contribution in [2.45, 2.75) is 76.8 Å². The standard InChI is InChI=1S/C14H25NO/c1-12-8-4-3-7-11-15(12)13-9-5-2-6-10-14(13)16/h12-13H,2-11H2,1H3. The molecule has 0 spiro atoms. The first-order valence-electron chi connectivity index (χ1n) is 7.07. The van der Waals surface area contributed by atoms with Gasteiger partial charge < -0.3 is 0 Å². The van der Waals surface area contributed by atoms with Crippen molar-refractivity contribution < 1.29 is 4.79 Å². The van der Waals surface area contributed by atoms with Gasteiger partial charge in [0.25, 0.3) is 0 Å². The fourth-order valence-corrected chi connectivity index (χ4v) is 3.25. The monoisotopic (exact) mass is 223 g/mol. The molecule has 92 valence electrons. The number of hydrogen-bond donors (Lipinski definition) is 0. The van der Waals surface area contributed by atoms with Crippen molar-refractivity contribution in [3.63, 3.8) is 0 Å². The van der Waals surface area contributed by atoms with Crippen LogP contribution in [-0.2, 0) is 4.79 Å². The van der Waals surface area contributed by atoms with E-state index in [-0.39, 0.29) is 6.04 Å². The largest absolute Gasteiger partial charge is 0.298 e. The fraction of sp³-hybridized carbons (Fsp3) is 0.929. The van der Waals surface area contributed by atoms with E-state index in [0.29, 0.717) is 11.8 Å². The summed E-state index contributed by atoms with van der Waals surface area (Å²) in [5.74, 6) is 0.520. The third kappa shape index (κ3) is 2.85. The zero-order valence-electron chi connectivity index (χ0n) is 10.6. The molecular formula is C14H25NO. The summed E-state index contributed by atoms with van der Waals surface area (Å²) < 4.78 is 0. The molecule has 1 saturated carbocycles. The van der Waals surface area contributed by atoms with Crippen molar-refractivity contribution in [3.05, 3.63) is 0 Å². The van der Waals surface area contributed by atoms with Crippen molar-refractivity contribution in [2.75, 3.05) is 6.54 Å². The van der Waals surface area contributed by atoms with Gasteiger partial charge in [0, 0.05) is 12.5 Å². The van der Waals surface area contributed by atoms with Crippen molar-refractivity contribution in [1.29, 1.82) is 0 Å². The molecule has 2 fully saturated rings. The molecule has 1 aliphatic carbocycles. The summed E-state index contributed by atoms with van der Waals surface area (Å²) in [5, 5.41) is 0. The molecule has 1 saturated heterocycles. The molecule has 1 heterocycles. The van der Waals surface area contributed by atoms with E-state index in [9.17, 15) is 4.79 Å². The molecule has 2 aliphatic rings. The van der Waals surface area contributed by atoms with Crippen LogP contribution in [0.2, 0.25) is 0 Å². The van der Waals surface area contributed by atoms with Gasteiger partial charge in [-0.05, 0) is 39.2 Å². The Kier molecular flexibility index (Phi) is 4.39. The first-order valence-corrected chi connectivity index (χ1v) is 7.07. The maximum absolute atomic E-state index is 12.1. The maximum Gasteiger partial charge on any atom is 0.149 e. The van der Waals surface area contributed by atoms with E-state index in [2.05, 4.69) is 11.8 Å². The Balaban J connectivity index is 2.04. The van der Waals surface area contributed by atoms with Gasteiger partial charge >= 0.3 is 0 Å². The van der Waals surface area contributed by atoms with E-state index >= 15 is 0 Å². The zero-order valence-corrected chi connectivity index (χ0v) is 10.6. The van der Waals surface area contributed by atoms with Crippen LogP contribution < -0.4 is 0 Å². The first-order chi connectivity index (χ1) is 7.79. The van der Waals surface area contributed by atoms with E-state index in [1.165, 1.54) is 38.5 Å². The van der Waals surface area contributed by atoms with Gasteiger partial charge in [0.2, 0.25) is 0 Å². The molecule has 2 nitrogen and oxygen atoms in total. The van der Waals surface area contributed by atoms with Crippen molar-refractivity contribution in [1.82, 2.24) is 4.90 Å². The minimum absolute atomic E-state index is 0.260. The van der Waals surface area contributed by atoms with Crippen LogP contribution in [0.3, 0.4) is 0 Å². The van der Waals surface area contributed by atoms with Crippen LogP contribution in [0.4, 0.5) is 0 Å². The Bertz CT molecular complexity index is 239. The molecule has 0 aromatic rings. The summed E-state index contributed by atoms with van der Waals surface area (Å²) >= 11 is 0. The molecule has 1 aliphatic heterocycles. The Hall–Kier alpha value is -0.370. The number of nitrogens with zero attached hydrogens (tertiary/aromatic N) is 1. The molecule has 0 radical (unpaired) electrons. The van der Waals surface area contributed by atoms with Gasteiger partial charge in [0.05, 0.1) is 6.04 Å². The smallest absolute Gasteiger partial charge is 0.149 e. The van der Waals surface area contributed by atoms with Gasteiger partial charge in [-0.1, -0.05) is 25.7 Å². The lowest BCUT2D eigenvalue weighted by Crippen LogP contribution is -2.45. The summed E-state index contributed by atoms with van der Waals surface area (Å²) in [6.45, 7) is 3.46. The van der Waals surface area contributed by atoms with Gasteiger partial charge in [-0.3, -0.25) is 9.69 Å². The minimum Gasteiger partial charge on any atom is -0.298 e. The maximum atomic E-state index is 12.1. The third-order valence-corrected chi connectivity index (χ3v) is 4.28. The summed E-state index contributed by atoms with van der Waals surface area (Å²) in [6.07, 6.45) is 10.8. The second-order valence-electron chi connectivity index (χ2n) is 5.52. The minimum atomic E-state index is 0.260. The highest BCUT2D eigenvalue weighted by Gasteiger charge is 2.30. The third-order valence-electron chi connectivity index (χ3n) is 4.28. The van der Waals surface area contributed by atoms with Crippen LogP contribution in [0.25, 0.3) is 0 Å². The molecule has 16 heavy (non-hydrogen) atoms. The number of Topliss-reactive ketones (excluding diaryl/α,β-unsaturated/α-hetero) is 1. The van der Waals surface area contributed by atoms with E-state index in [0.717, 1.165) is 25.8 Å². The van der Waals surface area contributed by atoms with Crippen molar-refractivity contribution in [2.24, 2.45) is 0 Å². The van der Waals surface area contributed by atoms with Crippen LogP contribution in [-0.4, -0.2) is 29.3 Å². The summed E-state index contributed by atoms with van der Waals surface area (Å²) in [6, 6.07) is 0.880. The number of ketones is 1. The molecule has 2 rings (SSSR count). The second-order valence-corrected chi connectivity index (χ2v) is 5.52. The first kappa shape index (κ1) is 12.1. The van der Waals surface area contributed by atoms with Crippen LogP contribution in [0.15, 0.2) is 0 Å². The summed E-state index contributed by atoms with van der Waals surface area (Å²) in [4.78, 5) is 14.6. The molecule has 2 unspecified atom stereocenters. The molecule has 0 N–H and O–H groups in total. The van der Waals surface area contributed by atoms with E-state index in [1.807, 2.05) is 0 Å². The highest BCUT2D eigenvalue weighted by atomic mass is 16.1. The van der Waals surface area contributed by atoms with Gasteiger partial charge in [0.15, 0.2) is 0 Å². The number of rotatable bonds is 1. The topological polar surface area (TPSA) is 20.3 Å². The predicted octanol–water partition coefficient (Wildman–Crippen LogP) is 3.15. The number of likely N-dealkylation sites (tertiary alicyclic amines) is 1. The van der Waals surface area contributed by atoms with Crippen LogP contribution in [0.5, 0.6) is 0 Å². The molecule has 2 heteroatoms. The molecule has 2 atom stereocenters. The fourth-order valence-electron chi connectivity index (χ4n) is 3.25. The Morgan fingerprint density at radius 1 is 1.00 bits per heavy atom. The number of hydrogen-bond acceptors (Lipinski definition) is 2. The van der Waals surface area contributed by atoms with Crippen LogP contribution in [0, 0.1) is 0 Å². The highest BCUT2D eigenvalue weighted by Crippen LogP contribution is 2.25. The molecule has 0 aromatic heterocycles. The molecule has 0 bridgehead atoms. The van der Waals surface area contributed by atoms with Crippen molar-refractivity contribution in [3.8, 4) is 0 Å². The van der Waals surface area contributed by atoms with Gasteiger partial charge in [-0.2, -0.15) is 0 Å². The zero-order chi connectivity index (χ0) is 11.4. The van der Waals surface area contributed by atoms with E-state index < -0.39 is 0 Å². The van der Waals surface area contributed by atoms with Gasteiger partial charge in [-0.15, -0.1) is 0 Å². The Labute approximate surface area is 99.4 Å². The highest BCUT2D eigenvalue weighted by molar-refractivity contribution is 5.84. The number of carbonyl (C=O) groups is 1. The Morgan fingerprint density at radius 2 is 1.75 bits per heavy atom. The lowest BCUT2D eigenvalue weighted by Gasteiger charge is -2.33. The molecule has 0 aromatic carbocycles.